The molecular formula is C15H15BrN2O2. The number of hydrogen-bond acceptors (Lipinski definition) is 3. The molecule has 0 aliphatic carbocycles. The number of pyridine rings is 1. The summed E-state index contributed by atoms with van der Waals surface area (Å²) in [6.45, 7) is 0. The molecule has 2 rings (SSSR count). The average molecular weight is 335 g/mol. The number of aromatic nitrogens is 1. The number of carbonyl (C=O) groups excluding carboxylic acids is 1. The molecule has 20 heavy (non-hydrogen) atoms. The molecule has 0 aliphatic rings. The number of carbonyl (C=O) groups is 1. The van der Waals surface area contributed by atoms with E-state index in [0.29, 0.717) is 18.7 Å². The lowest BCUT2D eigenvalue weighted by Gasteiger charge is -2.06. The SMILES string of the molecule is COc1cccc(CCC(=O)Nc2cc(Br)ccn2)c1. The molecule has 1 aromatic heterocycles. The van der Waals surface area contributed by atoms with Crippen molar-refractivity contribution in [3.05, 3.63) is 52.6 Å². The van der Waals surface area contributed by atoms with Gasteiger partial charge in [0.15, 0.2) is 0 Å². The molecule has 0 bridgehead atoms. The number of amides is 1. The van der Waals surface area contributed by atoms with Gasteiger partial charge in [0, 0.05) is 17.1 Å². The smallest absolute Gasteiger partial charge is 0.225 e. The number of benzene rings is 1. The molecule has 4 nitrogen and oxygen atoms in total. The van der Waals surface area contributed by atoms with Gasteiger partial charge in [-0.15, -0.1) is 0 Å². The fraction of sp³-hybridized carbons (Fsp3) is 0.200. The molecular weight excluding hydrogens is 320 g/mol. The number of hydrogen-bond donors (Lipinski definition) is 1. The lowest BCUT2D eigenvalue weighted by Crippen LogP contribution is -2.13. The monoisotopic (exact) mass is 334 g/mol. The topological polar surface area (TPSA) is 51.2 Å². The van der Waals surface area contributed by atoms with Gasteiger partial charge in [-0.25, -0.2) is 4.98 Å². The molecule has 2 aromatic rings. The second kappa shape index (κ2) is 7.05. The van der Waals surface area contributed by atoms with Crippen LogP contribution in [-0.4, -0.2) is 18.0 Å². The van der Waals surface area contributed by atoms with Gasteiger partial charge < -0.3 is 10.1 Å². The lowest BCUT2D eigenvalue weighted by molar-refractivity contribution is -0.116. The van der Waals surface area contributed by atoms with Crippen LogP contribution in [0.2, 0.25) is 0 Å². The second-order valence-corrected chi connectivity index (χ2v) is 5.17. The standard InChI is InChI=1S/C15H15BrN2O2/c1-20-13-4-2-3-11(9-13)5-6-15(19)18-14-10-12(16)7-8-17-14/h2-4,7-10H,5-6H2,1H3,(H,17,18,19). The number of rotatable bonds is 5. The Hall–Kier alpha value is -1.88. The van der Waals surface area contributed by atoms with Crippen LogP contribution in [0.3, 0.4) is 0 Å². The van der Waals surface area contributed by atoms with Gasteiger partial charge in [-0.3, -0.25) is 4.79 Å². The molecule has 0 unspecified atom stereocenters. The summed E-state index contributed by atoms with van der Waals surface area (Å²) in [5.41, 5.74) is 1.07. The molecule has 5 heteroatoms. The molecule has 0 saturated carbocycles. The van der Waals surface area contributed by atoms with Crippen molar-refractivity contribution in [1.82, 2.24) is 4.98 Å². The first-order valence-electron chi connectivity index (χ1n) is 6.22. The first-order chi connectivity index (χ1) is 9.67. The molecule has 104 valence electrons. The van der Waals surface area contributed by atoms with E-state index in [2.05, 4.69) is 26.2 Å². The number of anilines is 1. The van der Waals surface area contributed by atoms with Crippen molar-refractivity contribution >= 4 is 27.7 Å². The third kappa shape index (κ3) is 4.35. The summed E-state index contributed by atoms with van der Waals surface area (Å²) in [7, 11) is 1.63. The van der Waals surface area contributed by atoms with Gasteiger partial charge in [0.1, 0.15) is 11.6 Å². The van der Waals surface area contributed by atoms with E-state index in [4.69, 9.17) is 4.74 Å². The van der Waals surface area contributed by atoms with E-state index in [9.17, 15) is 4.79 Å². The van der Waals surface area contributed by atoms with Gasteiger partial charge in [-0.2, -0.15) is 0 Å². The maximum atomic E-state index is 11.9. The summed E-state index contributed by atoms with van der Waals surface area (Å²) in [6.07, 6.45) is 2.71. The van der Waals surface area contributed by atoms with Crippen LogP contribution < -0.4 is 10.1 Å². The fourth-order valence-electron chi connectivity index (χ4n) is 1.76. The Morgan fingerprint density at radius 1 is 1.35 bits per heavy atom. The van der Waals surface area contributed by atoms with Crippen LogP contribution in [-0.2, 0) is 11.2 Å². The van der Waals surface area contributed by atoms with Crippen molar-refractivity contribution in [2.24, 2.45) is 0 Å². The Labute approximate surface area is 126 Å². The highest BCUT2D eigenvalue weighted by molar-refractivity contribution is 9.10. The highest BCUT2D eigenvalue weighted by atomic mass is 79.9. The first kappa shape index (κ1) is 14.5. The van der Waals surface area contributed by atoms with E-state index in [-0.39, 0.29) is 5.91 Å². The van der Waals surface area contributed by atoms with Crippen LogP contribution in [0.25, 0.3) is 0 Å². The normalized spacial score (nSPS) is 10.1. The summed E-state index contributed by atoms with van der Waals surface area (Å²) in [6, 6.07) is 11.3. The van der Waals surface area contributed by atoms with Crippen molar-refractivity contribution in [2.45, 2.75) is 12.8 Å². The van der Waals surface area contributed by atoms with Gasteiger partial charge in [0.25, 0.3) is 0 Å². The van der Waals surface area contributed by atoms with Crippen LogP contribution in [0.1, 0.15) is 12.0 Å². The van der Waals surface area contributed by atoms with Crippen molar-refractivity contribution in [1.29, 1.82) is 0 Å². The summed E-state index contributed by atoms with van der Waals surface area (Å²) in [5, 5.41) is 2.77. The number of halogens is 1. The molecule has 1 heterocycles. The molecule has 1 aromatic carbocycles. The number of nitrogens with one attached hydrogen (secondary N) is 1. The zero-order chi connectivity index (χ0) is 14.4. The maximum absolute atomic E-state index is 11.9. The molecule has 1 amide bonds. The Morgan fingerprint density at radius 3 is 2.95 bits per heavy atom. The van der Waals surface area contributed by atoms with Crippen LogP contribution >= 0.6 is 15.9 Å². The molecule has 0 saturated heterocycles. The fourth-order valence-corrected chi connectivity index (χ4v) is 2.10. The van der Waals surface area contributed by atoms with Crippen LogP contribution in [0.4, 0.5) is 5.82 Å². The van der Waals surface area contributed by atoms with Crippen molar-refractivity contribution < 1.29 is 9.53 Å². The van der Waals surface area contributed by atoms with E-state index >= 15 is 0 Å². The molecule has 0 fully saturated rings. The highest BCUT2D eigenvalue weighted by Gasteiger charge is 2.05. The molecule has 0 radical (unpaired) electrons. The Bertz CT molecular complexity index is 602. The molecule has 0 spiro atoms. The number of nitrogens with zero attached hydrogens (tertiary/aromatic N) is 1. The second-order valence-electron chi connectivity index (χ2n) is 4.26. The van der Waals surface area contributed by atoms with E-state index in [1.54, 1.807) is 19.4 Å². The van der Waals surface area contributed by atoms with Gasteiger partial charge in [0.05, 0.1) is 7.11 Å². The predicted octanol–water partition coefficient (Wildman–Crippen LogP) is 3.42. The van der Waals surface area contributed by atoms with Gasteiger partial charge in [-0.1, -0.05) is 28.1 Å². The number of aryl methyl sites for hydroxylation is 1. The highest BCUT2D eigenvalue weighted by Crippen LogP contribution is 2.15. The summed E-state index contributed by atoms with van der Waals surface area (Å²) in [4.78, 5) is 15.9. The first-order valence-corrected chi connectivity index (χ1v) is 7.01. The third-order valence-corrected chi connectivity index (χ3v) is 3.26. The average Bonchev–Trinajstić information content (AvgIpc) is 2.45. The van der Waals surface area contributed by atoms with E-state index in [1.165, 1.54) is 0 Å². The lowest BCUT2D eigenvalue weighted by atomic mass is 10.1. The van der Waals surface area contributed by atoms with Crippen LogP contribution in [0, 0.1) is 0 Å². The minimum absolute atomic E-state index is 0.0570. The van der Waals surface area contributed by atoms with Crippen LogP contribution in [0.15, 0.2) is 47.1 Å². The Morgan fingerprint density at radius 2 is 2.20 bits per heavy atom. The number of ether oxygens (including phenoxy) is 1. The van der Waals surface area contributed by atoms with Crippen molar-refractivity contribution in [2.75, 3.05) is 12.4 Å². The molecule has 0 atom stereocenters. The minimum Gasteiger partial charge on any atom is -0.497 e. The van der Waals surface area contributed by atoms with Gasteiger partial charge >= 0.3 is 0 Å². The third-order valence-electron chi connectivity index (χ3n) is 2.76. The Balaban J connectivity index is 1.88. The summed E-state index contributed by atoms with van der Waals surface area (Å²) >= 11 is 3.34. The van der Waals surface area contributed by atoms with Gasteiger partial charge in [0.2, 0.25) is 5.91 Å². The quantitative estimate of drug-likeness (QED) is 0.911. The van der Waals surface area contributed by atoms with Crippen LogP contribution in [0.5, 0.6) is 5.75 Å². The van der Waals surface area contributed by atoms with E-state index in [0.717, 1.165) is 15.8 Å². The summed E-state index contributed by atoms with van der Waals surface area (Å²) < 4.78 is 6.04. The number of methoxy groups -OCH3 is 1. The van der Waals surface area contributed by atoms with E-state index in [1.807, 2.05) is 30.3 Å². The zero-order valence-electron chi connectivity index (χ0n) is 11.1. The largest absolute Gasteiger partial charge is 0.497 e. The van der Waals surface area contributed by atoms with Crippen molar-refractivity contribution in [3.63, 3.8) is 0 Å². The van der Waals surface area contributed by atoms with Crippen molar-refractivity contribution in [3.8, 4) is 5.75 Å². The van der Waals surface area contributed by atoms with E-state index < -0.39 is 0 Å². The Kier molecular flexibility index (Phi) is 5.12. The molecule has 0 aliphatic heterocycles. The zero-order valence-corrected chi connectivity index (χ0v) is 12.7. The predicted molar refractivity (Wildman–Crippen MR) is 81.9 cm³/mol. The maximum Gasteiger partial charge on any atom is 0.225 e. The minimum atomic E-state index is -0.0570. The summed E-state index contributed by atoms with van der Waals surface area (Å²) in [5.74, 6) is 1.30. The molecule has 1 N–H and O–H groups in total. The van der Waals surface area contributed by atoms with Gasteiger partial charge in [-0.05, 0) is 36.2 Å².